The van der Waals surface area contributed by atoms with Crippen LogP contribution in [0.5, 0.6) is 0 Å². The Bertz CT molecular complexity index is 756. The van der Waals surface area contributed by atoms with Crippen LogP contribution in [0.3, 0.4) is 0 Å². The van der Waals surface area contributed by atoms with Gasteiger partial charge in [0.2, 0.25) is 5.95 Å². The second kappa shape index (κ2) is 6.11. The average molecular weight is 303 g/mol. The number of aromatic nitrogens is 3. The maximum atomic E-state index is 5.93. The molecule has 1 N–H and O–H groups in total. The number of hydrogen-bond acceptors (Lipinski definition) is 4. The minimum absolute atomic E-state index is 0.574. The van der Waals surface area contributed by atoms with Crippen molar-refractivity contribution < 1.29 is 4.74 Å². The van der Waals surface area contributed by atoms with Crippen molar-refractivity contribution in [2.45, 2.75) is 13.2 Å². The summed E-state index contributed by atoms with van der Waals surface area (Å²) >= 11 is 5.93. The highest BCUT2D eigenvalue weighted by Gasteiger charge is 2.05. The Morgan fingerprint density at radius 2 is 2.00 bits per heavy atom. The predicted octanol–water partition coefficient (Wildman–Crippen LogP) is 3.14. The Kier molecular flexibility index (Phi) is 4.03. The molecule has 2 heterocycles. The van der Waals surface area contributed by atoms with Crippen molar-refractivity contribution in [3.05, 3.63) is 58.7 Å². The average Bonchev–Trinajstić information content (AvgIpc) is 2.88. The van der Waals surface area contributed by atoms with E-state index in [-0.39, 0.29) is 0 Å². The van der Waals surface area contributed by atoms with Crippen LogP contribution in [0.4, 0.5) is 5.95 Å². The topological polar surface area (TPSA) is 51.5 Å². The third-order valence-corrected chi connectivity index (χ3v) is 3.37. The zero-order valence-corrected chi connectivity index (χ0v) is 12.3. The van der Waals surface area contributed by atoms with Gasteiger partial charge < -0.3 is 10.1 Å². The summed E-state index contributed by atoms with van der Waals surface area (Å²) in [6.07, 6.45) is 1.73. The molecule has 21 heavy (non-hydrogen) atoms. The quantitative estimate of drug-likeness (QED) is 0.786. The van der Waals surface area contributed by atoms with Crippen molar-refractivity contribution in [2.75, 3.05) is 12.4 Å². The number of pyridine rings is 1. The number of hydrogen-bond donors (Lipinski definition) is 1. The van der Waals surface area contributed by atoms with Crippen LogP contribution in [0.25, 0.3) is 5.65 Å². The second-order valence-electron chi connectivity index (χ2n) is 4.64. The molecule has 0 bridgehead atoms. The molecule has 1 aromatic carbocycles. The smallest absolute Gasteiger partial charge is 0.243 e. The van der Waals surface area contributed by atoms with Crippen LogP contribution < -0.4 is 5.32 Å². The van der Waals surface area contributed by atoms with Crippen LogP contribution in [-0.2, 0) is 17.9 Å². The normalized spacial score (nSPS) is 11.0. The second-order valence-corrected chi connectivity index (χ2v) is 5.08. The fraction of sp³-hybridized carbons (Fsp3) is 0.200. The van der Waals surface area contributed by atoms with Gasteiger partial charge in [-0.25, -0.2) is 4.52 Å². The first-order valence-corrected chi connectivity index (χ1v) is 6.95. The van der Waals surface area contributed by atoms with E-state index in [1.807, 2.05) is 18.2 Å². The van der Waals surface area contributed by atoms with Gasteiger partial charge in [-0.3, -0.25) is 0 Å². The van der Waals surface area contributed by atoms with Crippen LogP contribution in [0.2, 0.25) is 5.02 Å². The van der Waals surface area contributed by atoms with E-state index in [1.165, 1.54) is 0 Å². The van der Waals surface area contributed by atoms with E-state index in [1.54, 1.807) is 23.9 Å². The summed E-state index contributed by atoms with van der Waals surface area (Å²) in [5.74, 6) is 0.574. The van der Waals surface area contributed by atoms with Crippen LogP contribution in [0.1, 0.15) is 11.1 Å². The number of anilines is 1. The Morgan fingerprint density at radius 1 is 1.19 bits per heavy atom. The molecule has 0 aliphatic carbocycles. The lowest BCUT2D eigenvalue weighted by Crippen LogP contribution is -2.04. The molecule has 0 unspecified atom stereocenters. The summed E-state index contributed by atoms with van der Waals surface area (Å²) in [6.45, 7) is 1.23. The molecule has 3 rings (SSSR count). The Labute approximate surface area is 127 Å². The maximum Gasteiger partial charge on any atom is 0.243 e. The minimum atomic E-state index is 0.574. The highest BCUT2D eigenvalue weighted by Crippen LogP contribution is 2.14. The standard InChI is InChI=1S/C15H15ClN4O/c1-21-10-12-5-3-2-4-11(12)8-17-15-18-14-7-6-13(16)9-20(14)19-15/h2-7,9H,8,10H2,1H3,(H,17,19). The van der Waals surface area contributed by atoms with Gasteiger partial charge in [0, 0.05) is 19.9 Å². The van der Waals surface area contributed by atoms with Crippen molar-refractivity contribution in [1.82, 2.24) is 14.6 Å². The molecule has 6 heteroatoms. The van der Waals surface area contributed by atoms with Gasteiger partial charge in [-0.1, -0.05) is 35.9 Å². The third kappa shape index (κ3) is 3.15. The molecule has 0 aliphatic heterocycles. The molecule has 0 radical (unpaired) electrons. The Balaban J connectivity index is 1.77. The summed E-state index contributed by atoms with van der Waals surface area (Å²) < 4.78 is 6.86. The summed E-state index contributed by atoms with van der Waals surface area (Å²) in [6, 6.07) is 11.8. The summed E-state index contributed by atoms with van der Waals surface area (Å²) in [5, 5.41) is 8.20. The number of rotatable bonds is 5. The number of benzene rings is 1. The molecule has 0 saturated heterocycles. The Morgan fingerprint density at radius 3 is 2.81 bits per heavy atom. The van der Waals surface area contributed by atoms with E-state index in [0.717, 1.165) is 16.8 Å². The van der Waals surface area contributed by atoms with Gasteiger partial charge in [-0.2, -0.15) is 4.98 Å². The van der Waals surface area contributed by atoms with Crippen molar-refractivity contribution in [2.24, 2.45) is 0 Å². The van der Waals surface area contributed by atoms with E-state index in [4.69, 9.17) is 16.3 Å². The SMILES string of the molecule is COCc1ccccc1CNc1nc2ccc(Cl)cn2n1. The predicted molar refractivity (Wildman–Crippen MR) is 82.5 cm³/mol. The van der Waals surface area contributed by atoms with Gasteiger partial charge in [0.1, 0.15) is 0 Å². The first kappa shape index (κ1) is 13.9. The molecular weight excluding hydrogens is 288 g/mol. The highest BCUT2D eigenvalue weighted by atomic mass is 35.5. The summed E-state index contributed by atoms with van der Waals surface area (Å²) in [5.41, 5.74) is 3.07. The lowest BCUT2D eigenvalue weighted by Gasteiger charge is -2.08. The molecule has 108 valence electrons. The number of fused-ring (bicyclic) bond motifs is 1. The van der Waals surface area contributed by atoms with Crippen molar-refractivity contribution in [1.29, 1.82) is 0 Å². The largest absolute Gasteiger partial charge is 0.380 e. The molecule has 3 aromatic rings. The van der Waals surface area contributed by atoms with Crippen LogP contribution in [0.15, 0.2) is 42.6 Å². The van der Waals surface area contributed by atoms with Gasteiger partial charge in [0.25, 0.3) is 0 Å². The number of methoxy groups -OCH3 is 1. The fourth-order valence-electron chi connectivity index (χ4n) is 2.13. The molecule has 0 atom stereocenters. The lowest BCUT2D eigenvalue weighted by atomic mass is 10.1. The number of nitrogens with zero attached hydrogens (tertiary/aromatic N) is 3. The first-order chi connectivity index (χ1) is 10.3. The molecule has 0 aliphatic rings. The first-order valence-electron chi connectivity index (χ1n) is 6.58. The highest BCUT2D eigenvalue weighted by molar-refractivity contribution is 6.30. The molecule has 0 fully saturated rings. The zero-order chi connectivity index (χ0) is 14.7. The number of ether oxygens (including phenoxy) is 1. The van der Waals surface area contributed by atoms with Gasteiger partial charge >= 0.3 is 0 Å². The molecule has 0 amide bonds. The van der Waals surface area contributed by atoms with Gasteiger partial charge in [0.05, 0.1) is 11.6 Å². The Hall–Kier alpha value is -2.11. The van der Waals surface area contributed by atoms with E-state index in [9.17, 15) is 0 Å². The van der Waals surface area contributed by atoms with Gasteiger partial charge in [-0.15, -0.1) is 5.10 Å². The fourth-order valence-corrected chi connectivity index (χ4v) is 2.29. The summed E-state index contributed by atoms with van der Waals surface area (Å²) in [4.78, 5) is 4.40. The van der Waals surface area contributed by atoms with E-state index in [0.29, 0.717) is 24.1 Å². The molecule has 5 nitrogen and oxygen atoms in total. The molecule has 0 spiro atoms. The number of halogens is 1. The van der Waals surface area contributed by atoms with E-state index in [2.05, 4.69) is 27.5 Å². The van der Waals surface area contributed by atoms with Gasteiger partial charge in [-0.05, 0) is 23.3 Å². The lowest BCUT2D eigenvalue weighted by molar-refractivity contribution is 0.184. The van der Waals surface area contributed by atoms with Gasteiger partial charge in [0.15, 0.2) is 5.65 Å². The summed E-state index contributed by atoms with van der Waals surface area (Å²) in [7, 11) is 1.69. The third-order valence-electron chi connectivity index (χ3n) is 3.15. The maximum absolute atomic E-state index is 5.93. The molecular formula is C15H15ClN4O. The molecule has 2 aromatic heterocycles. The van der Waals surface area contributed by atoms with Crippen LogP contribution in [0, 0.1) is 0 Å². The zero-order valence-electron chi connectivity index (χ0n) is 11.6. The van der Waals surface area contributed by atoms with E-state index >= 15 is 0 Å². The van der Waals surface area contributed by atoms with Crippen molar-refractivity contribution in [3.63, 3.8) is 0 Å². The number of nitrogens with one attached hydrogen (secondary N) is 1. The van der Waals surface area contributed by atoms with Crippen molar-refractivity contribution >= 4 is 23.2 Å². The minimum Gasteiger partial charge on any atom is -0.380 e. The molecule has 0 saturated carbocycles. The van der Waals surface area contributed by atoms with Crippen LogP contribution >= 0.6 is 11.6 Å². The van der Waals surface area contributed by atoms with Crippen molar-refractivity contribution in [3.8, 4) is 0 Å². The van der Waals surface area contributed by atoms with E-state index < -0.39 is 0 Å². The monoisotopic (exact) mass is 302 g/mol. The van der Waals surface area contributed by atoms with Crippen LogP contribution in [-0.4, -0.2) is 21.7 Å².